The zero-order valence-corrected chi connectivity index (χ0v) is 16.8. The second kappa shape index (κ2) is 8.11. The van der Waals surface area contributed by atoms with Crippen molar-refractivity contribution in [2.45, 2.75) is 36.3 Å². The maximum absolute atomic E-state index is 13.4. The molecule has 5 nitrogen and oxygen atoms in total. The summed E-state index contributed by atoms with van der Waals surface area (Å²) in [4.78, 5) is 13.4. The third-order valence-corrected chi connectivity index (χ3v) is 6.06. The van der Waals surface area contributed by atoms with Gasteiger partial charge in [-0.2, -0.15) is 0 Å². The van der Waals surface area contributed by atoms with Crippen LogP contribution >= 0.6 is 12.4 Å². The van der Waals surface area contributed by atoms with Crippen LogP contribution in [0.3, 0.4) is 0 Å². The number of hydrogen-bond acceptors (Lipinski definition) is 4. The molecule has 1 saturated heterocycles. The quantitative estimate of drug-likeness (QED) is 0.718. The van der Waals surface area contributed by atoms with Crippen LogP contribution in [0.2, 0.25) is 0 Å². The average Bonchev–Trinajstić information content (AvgIpc) is 3.53. The number of carbonyl (C=O) groups is 1. The third-order valence-electron chi connectivity index (χ3n) is 6.06. The van der Waals surface area contributed by atoms with Crippen molar-refractivity contribution in [3.8, 4) is 5.75 Å². The summed E-state index contributed by atoms with van der Waals surface area (Å²) in [6, 6.07) is 17.6. The molecule has 2 aromatic carbocycles. The van der Waals surface area contributed by atoms with Crippen molar-refractivity contribution < 1.29 is 14.6 Å². The van der Waals surface area contributed by atoms with Crippen molar-refractivity contribution >= 4 is 18.3 Å². The van der Waals surface area contributed by atoms with Gasteiger partial charge in [-0.1, -0.05) is 42.5 Å². The van der Waals surface area contributed by atoms with E-state index in [4.69, 9.17) is 4.74 Å². The molecule has 2 fully saturated rings. The average molecular weight is 403 g/mol. The normalized spacial score (nSPS) is 25.3. The molecule has 2 aliphatic rings. The molecule has 150 valence electrons. The predicted octanol–water partition coefficient (Wildman–Crippen LogP) is 2.51. The topological polar surface area (TPSA) is 70.6 Å². The van der Waals surface area contributed by atoms with Crippen LogP contribution in [0.5, 0.6) is 5.75 Å². The Morgan fingerprint density at radius 2 is 1.75 bits per heavy atom. The van der Waals surface area contributed by atoms with E-state index in [1.165, 1.54) is 0 Å². The van der Waals surface area contributed by atoms with Gasteiger partial charge in [0.25, 0.3) is 0 Å². The number of carbonyl (C=O) groups excluding carboxylic acids is 1. The molecule has 2 atom stereocenters. The van der Waals surface area contributed by atoms with Crippen molar-refractivity contribution in [2.24, 2.45) is 0 Å². The lowest BCUT2D eigenvalue weighted by Gasteiger charge is -2.43. The lowest BCUT2D eigenvalue weighted by molar-refractivity contribution is -0.128. The minimum Gasteiger partial charge on any atom is -0.497 e. The fourth-order valence-electron chi connectivity index (χ4n) is 4.16. The molecule has 0 unspecified atom stereocenters. The Balaban J connectivity index is 0.00000225. The van der Waals surface area contributed by atoms with E-state index in [9.17, 15) is 9.90 Å². The zero-order valence-electron chi connectivity index (χ0n) is 16.0. The van der Waals surface area contributed by atoms with Gasteiger partial charge in [-0.3, -0.25) is 4.79 Å². The number of methoxy groups -OCH3 is 1. The fraction of sp³-hybridized carbons (Fsp3) is 0.409. The molecule has 2 aromatic rings. The molecule has 0 aromatic heterocycles. The monoisotopic (exact) mass is 402 g/mol. The largest absolute Gasteiger partial charge is 0.497 e. The number of benzene rings is 2. The summed E-state index contributed by atoms with van der Waals surface area (Å²) in [6.07, 6.45) is 1.63. The van der Waals surface area contributed by atoms with E-state index in [1.54, 1.807) is 7.11 Å². The van der Waals surface area contributed by atoms with Gasteiger partial charge in [0.05, 0.1) is 24.2 Å². The van der Waals surface area contributed by atoms with E-state index < -0.39 is 17.1 Å². The molecule has 1 aliphatic heterocycles. The van der Waals surface area contributed by atoms with Crippen LogP contribution < -0.4 is 15.4 Å². The van der Waals surface area contributed by atoms with E-state index in [2.05, 4.69) is 10.6 Å². The molecule has 1 aliphatic carbocycles. The molecule has 1 heterocycles. The molecule has 1 saturated carbocycles. The molecular weight excluding hydrogens is 376 g/mol. The van der Waals surface area contributed by atoms with Gasteiger partial charge in [0.2, 0.25) is 5.91 Å². The number of aliphatic hydroxyl groups excluding tert-OH is 1. The molecule has 0 radical (unpaired) electrons. The van der Waals surface area contributed by atoms with Crippen LogP contribution in [0.1, 0.15) is 30.4 Å². The first-order chi connectivity index (χ1) is 13.1. The smallest absolute Gasteiger partial charge is 0.231 e. The summed E-state index contributed by atoms with van der Waals surface area (Å²) in [7, 11) is 1.64. The van der Waals surface area contributed by atoms with Crippen molar-refractivity contribution in [1.82, 2.24) is 10.6 Å². The zero-order chi connectivity index (χ0) is 18.9. The van der Waals surface area contributed by atoms with E-state index in [0.717, 1.165) is 36.3 Å². The highest BCUT2D eigenvalue weighted by Crippen LogP contribution is 2.49. The Morgan fingerprint density at radius 3 is 2.32 bits per heavy atom. The summed E-state index contributed by atoms with van der Waals surface area (Å²) in [5.41, 5.74) is 0.704. The van der Waals surface area contributed by atoms with Gasteiger partial charge in [-0.25, -0.2) is 0 Å². The molecule has 4 rings (SSSR count). The molecule has 0 bridgehead atoms. The molecule has 28 heavy (non-hydrogen) atoms. The molecule has 6 heteroatoms. The van der Waals surface area contributed by atoms with Crippen molar-refractivity contribution in [3.63, 3.8) is 0 Å². The van der Waals surface area contributed by atoms with Gasteiger partial charge in [-0.15, -0.1) is 12.4 Å². The van der Waals surface area contributed by atoms with Gasteiger partial charge in [0.1, 0.15) is 5.75 Å². The van der Waals surface area contributed by atoms with E-state index in [0.29, 0.717) is 13.0 Å². The number of nitrogens with one attached hydrogen (secondary N) is 2. The van der Waals surface area contributed by atoms with Gasteiger partial charge in [0.15, 0.2) is 0 Å². The fourth-order valence-corrected chi connectivity index (χ4v) is 4.16. The van der Waals surface area contributed by atoms with E-state index >= 15 is 0 Å². The Hall–Kier alpha value is -2.08. The second-order valence-corrected chi connectivity index (χ2v) is 7.57. The standard InChI is InChI=1S/C22H26N2O3.ClH/c1-27-18-9-7-16(8-10-18)21(11-12-21)20(26)24-22(13-14-23-15-19(22)25)17-5-3-2-4-6-17;/h2-10,19,23,25H,11-15H2,1H3,(H,24,26);1H/t19-,22-;/m1./s1. The van der Waals surface area contributed by atoms with Gasteiger partial charge < -0.3 is 20.5 Å². The number of β-amino-alcohol motifs (C(OH)–C–C–N with tert-alkyl or cyclic N) is 1. The highest BCUT2D eigenvalue weighted by atomic mass is 35.5. The molecular formula is C22H27ClN2O3. The molecule has 3 N–H and O–H groups in total. The first-order valence-electron chi connectivity index (χ1n) is 9.52. The lowest BCUT2D eigenvalue weighted by atomic mass is 9.78. The Bertz CT molecular complexity index is 808. The highest BCUT2D eigenvalue weighted by Gasteiger charge is 2.54. The summed E-state index contributed by atoms with van der Waals surface area (Å²) in [5, 5.41) is 17.3. The van der Waals surface area contributed by atoms with E-state index in [1.807, 2.05) is 54.6 Å². The molecule has 0 spiro atoms. The number of halogens is 1. The maximum Gasteiger partial charge on any atom is 0.231 e. The van der Waals surface area contributed by atoms with Crippen molar-refractivity contribution in [1.29, 1.82) is 0 Å². The number of hydrogen-bond donors (Lipinski definition) is 3. The van der Waals surface area contributed by atoms with Crippen LogP contribution in [0, 0.1) is 0 Å². The van der Waals surface area contributed by atoms with Crippen LogP contribution in [-0.2, 0) is 15.7 Å². The minimum absolute atomic E-state index is 0. The second-order valence-electron chi connectivity index (χ2n) is 7.57. The number of aliphatic hydroxyl groups is 1. The van der Waals surface area contributed by atoms with Crippen LogP contribution in [0.15, 0.2) is 54.6 Å². The number of rotatable bonds is 5. The first-order valence-corrected chi connectivity index (χ1v) is 9.52. The maximum atomic E-state index is 13.4. The Morgan fingerprint density at radius 1 is 1.07 bits per heavy atom. The SMILES string of the molecule is COc1ccc(C2(C(=O)N[C@@]3(c4ccccc4)CCNC[C@H]3O)CC2)cc1.Cl. The van der Waals surface area contributed by atoms with E-state index in [-0.39, 0.29) is 18.3 Å². The first kappa shape index (κ1) is 20.6. The summed E-state index contributed by atoms with van der Waals surface area (Å²) >= 11 is 0. The Kier molecular flexibility index (Phi) is 5.98. The summed E-state index contributed by atoms with van der Waals surface area (Å²) < 4.78 is 5.23. The Labute approximate surface area is 171 Å². The van der Waals surface area contributed by atoms with Crippen LogP contribution in [0.25, 0.3) is 0 Å². The predicted molar refractivity (Wildman–Crippen MR) is 111 cm³/mol. The number of amides is 1. The van der Waals surface area contributed by atoms with Crippen LogP contribution in [-0.4, -0.2) is 37.3 Å². The number of piperidine rings is 1. The summed E-state index contributed by atoms with van der Waals surface area (Å²) in [5.74, 6) is 0.780. The van der Waals surface area contributed by atoms with Crippen molar-refractivity contribution in [2.75, 3.05) is 20.2 Å². The molecule has 1 amide bonds. The van der Waals surface area contributed by atoms with Gasteiger partial charge in [-0.05, 0) is 49.1 Å². The van der Waals surface area contributed by atoms with Crippen molar-refractivity contribution in [3.05, 3.63) is 65.7 Å². The highest BCUT2D eigenvalue weighted by molar-refractivity contribution is 5.92. The summed E-state index contributed by atoms with van der Waals surface area (Å²) in [6.45, 7) is 1.21. The van der Waals surface area contributed by atoms with Gasteiger partial charge in [0, 0.05) is 6.54 Å². The van der Waals surface area contributed by atoms with Gasteiger partial charge >= 0.3 is 0 Å². The third kappa shape index (κ3) is 3.50. The lowest BCUT2D eigenvalue weighted by Crippen LogP contribution is -2.62. The minimum atomic E-state index is -0.758. The number of ether oxygens (including phenoxy) is 1. The van der Waals surface area contributed by atoms with Crippen LogP contribution in [0.4, 0.5) is 0 Å².